The molecule has 3 heterocycles. The highest BCUT2D eigenvalue weighted by atomic mass is 80.9. The van der Waals surface area contributed by atoms with E-state index in [4.69, 9.17) is 8.83 Å². The molecule has 338 valence electrons. The van der Waals surface area contributed by atoms with E-state index in [-0.39, 0.29) is 34.0 Å². The highest BCUT2D eigenvalue weighted by Gasteiger charge is 2.29. The number of benzene rings is 4. The molecule has 8 heteroatoms. The average molecular weight is 1280 g/mol. The van der Waals surface area contributed by atoms with Crippen LogP contribution in [0, 0.1) is 27.7 Å². The van der Waals surface area contributed by atoms with E-state index in [9.17, 15) is 0 Å². The molecule has 2 nitrogen and oxygen atoms in total. The second-order valence-electron chi connectivity index (χ2n) is 16.7. The molecule has 2 aliphatic rings. The summed E-state index contributed by atoms with van der Waals surface area (Å²) in [5.41, 5.74) is 25.4. The molecule has 2 aliphatic carbocycles. The number of hydrogen-bond donors (Lipinski definition) is 0. The predicted molar refractivity (Wildman–Crippen MR) is 295 cm³/mol. The first-order chi connectivity index (χ1) is 32.4. The van der Waals surface area contributed by atoms with Gasteiger partial charge in [-0.15, -0.1) is 0 Å². The second kappa shape index (κ2) is 22.7. The first-order valence-electron chi connectivity index (χ1n) is 21.7. The van der Waals surface area contributed by atoms with Crippen LogP contribution in [0.5, 0.6) is 0 Å². The van der Waals surface area contributed by atoms with Crippen LogP contribution in [0.1, 0.15) is 22.3 Å². The summed E-state index contributed by atoms with van der Waals surface area (Å²) in [5, 5.41) is 0. The summed E-state index contributed by atoms with van der Waals surface area (Å²) in [6.07, 6.45) is 0. The van der Waals surface area contributed by atoms with E-state index in [2.05, 4.69) is 278 Å². The lowest BCUT2D eigenvalue weighted by molar-refractivity contribution is -0.00100. The zero-order valence-electron chi connectivity index (χ0n) is 37.6. The van der Waals surface area contributed by atoms with E-state index in [1.54, 1.807) is 0 Å². The molecule has 9 aromatic rings. The van der Waals surface area contributed by atoms with Gasteiger partial charge in [0.1, 0.15) is 22.3 Å². The first-order valence-corrected chi connectivity index (χ1v) is 29.1. The van der Waals surface area contributed by atoms with Crippen molar-refractivity contribution in [3.8, 4) is 89.0 Å². The smallest absolute Gasteiger partial charge is 0.136 e. The van der Waals surface area contributed by atoms with Gasteiger partial charge in [-0.1, -0.05) is 119 Å². The van der Waals surface area contributed by atoms with Crippen molar-refractivity contribution in [3.63, 3.8) is 0 Å². The van der Waals surface area contributed by atoms with Gasteiger partial charge in [-0.3, -0.25) is 0 Å². The number of rotatable bonds is 4. The average Bonchev–Trinajstić information content (AvgIpc) is 4.08. The molecule has 3 aromatic heterocycles. The van der Waals surface area contributed by atoms with Crippen LogP contribution in [0.3, 0.4) is 0 Å². The Hall–Kier alpha value is -4.80. The van der Waals surface area contributed by atoms with E-state index in [0.717, 1.165) is 111 Å². The van der Waals surface area contributed by atoms with Gasteiger partial charge < -0.3 is 42.8 Å². The molecule has 8 bridgehead atoms. The van der Waals surface area contributed by atoms with Gasteiger partial charge in [0, 0.05) is 162 Å². The molecule has 68 heavy (non-hydrogen) atoms. The predicted octanol–water partition coefficient (Wildman–Crippen LogP) is 14.6. The molecule has 0 aliphatic heterocycles. The highest BCUT2D eigenvalue weighted by molar-refractivity contribution is 9.93. The van der Waals surface area contributed by atoms with E-state index in [1.807, 2.05) is 0 Å². The fourth-order valence-corrected chi connectivity index (χ4v) is 9.28. The summed E-state index contributed by atoms with van der Waals surface area (Å²) < 4.78 is 14.7. The monoisotopic (exact) mass is 1270 g/mol. The zero-order chi connectivity index (χ0) is 45.9. The molecule has 11 rings (SSSR count). The van der Waals surface area contributed by atoms with E-state index >= 15 is 0 Å². The molecule has 0 unspecified atom stereocenters. The summed E-state index contributed by atoms with van der Waals surface area (Å²) >= 11 is 11.0. The maximum absolute atomic E-state index is 7.33. The highest BCUT2D eigenvalue weighted by Crippen LogP contribution is 2.52. The van der Waals surface area contributed by atoms with Gasteiger partial charge in [-0.2, -0.15) is 0 Å². The van der Waals surface area contributed by atoms with Gasteiger partial charge in [0.25, 0.3) is 0 Å². The van der Waals surface area contributed by atoms with Crippen molar-refractivity contribution in [1.29, 1.82) is 0 Å². The van der Waals surface area contributed by atoms with Crippen molar-refractivity contribution in [2.75, 3.05) is 0 Å². The molecule has 0 amide bonds. The Morgan fingerprint density at radius 1 is 0.279 bits per heavy atom. The minimum Gasteiger partial charge on any atom is -1.00 e. The second-order valence-corrected chi connectivity index (χ2v) is 16.7. The van der Waals surface area contributed by atoms with Crippen molar-refractivity contribution in [1.82, 2.24) is 0 Å². The lowest BCUT2D eigenvalue weighted by Gasteiger charge is -2.07. The van der Waals surface area contributed by atoms with Gasteiger partial charge in [-0.05, 0) is 86.3 Å². The van der Waals surface area contributed by atoms with Crippen molar-refractivity contribution < 1.29 is 42.8 Å². The van der Waals surface area contributed by atoms with E-state index < -0.39 is 0 Å². The maximum atomic E-state index is 7.33. The van der Waals surface area contributed by atoms with Gasteiger partial charge in [-0.25, -0.2) is 0 Å². The molecule has 0 fully saturated rings. The molecule has 0 spiro atoms. The lowest BCUT2D eigenvalue weighted by atomic mass is 9.96. The van der Waals surface area contributed by atoms with Gasteiger partial charge in [0.2, 0.25) is 0 Å². The fraction of sp³-hybridized carbons (Fsp3) is 0.0667. The Labute approximate surface area is 450 Å². The maximum Gasteiger partial charge on any atom is 0.136 e. The minimum atomic E-state index is 0. The van der Waals surface area contributed by atoms with Crippen LogP contribution < -0.4 is 34.0 Å². The molecule has 6 aromatic carbocycles. The van der Waals surface area contributed by atoms with E-state index in [1.165, 1.54) is 22.3 Å². The molecule has 0 radical (unpaired) electrons. The normalized spacial score (nSPS) is 10.7. The van der Waals surface area contributed by atoms with Crippen LogP contribution in [0.25, 0.3) is 111 Å². The van der Waals surface area contributed by atoms with Crippen LogP contribution >= 0.6 is 56.5 Å². The summed E-state index contributed by atoms with van der Waals surface area (Å²) in [4.78, 5) is 0. The van der Waals surface area contributed by atoms with Crippen LogP contribution in [0.15, 0.2) is 203 Å². The zero-order valence-corrected chi connectivity index (χ0v) is 47.1. The SMILES string of the molecule is BrBr.BrBr.Cc1ccc(-c2c3cc(c(-c4ccc(C)cc4)c4ccc(o4)c(-c4ccc(C)cc4)c4cc(c(-c5ccc(C)cc5)c5ccc2o5)-c2cc[cH+]ccc2-4)-c2cc[cH+]ccc2-3)cc1.[Br-].[Br-]. The Balaban J connectivity index is 0.00000111. The summed E-state index contributed by atoms with van der Waals surface area (Å²) in [7, 11) is 0. The lowest BCUT2D eigenvalue weighted by Crippen LogP contribution is -3.00. The minimum absolute atomic E-state index is 0. The van der Waals surface area contributed by atoms with Crippen LogP contribution in [0.2, 0.25) is 0 Å². The van der Waals surface area contributed by atoms with Crippen molar-refractivity contribution in [2.45, 2.75) is 27.7 Å². The summed E-state index contributed by atoms with van der Waals surface area (Å²) in [5.74, 6) is 0. The number of furan rings is 2. The third kappa shape index (κ3) is 9.96. The number of aryl methyl sites for hydroxylation is 4. The number of hydrogen-bond acceptors (Lipinski definition) is 2. The van der Waals surface area contributed by atoms with Crippen molar-refractivity contribution in [3.05, 3.63) is 216 Å². The first kappa shape index (κ1) is 51.1. The number of fused-ring (bicyclic) bond motifs is 14. The topological polar surface area (TPSA) is 26.3 Å². The molecule has 0 saturated heterocycles. The third-order valence-electron chi connectivity index (χ3n) is 12.5. The van der Waals surface area contributed by atoms with Crippen LogP contribution in [-0.2, 0) is 0 Å². The Morgan fingerprint density at radius 2 is 0.485 bits per heavy atom. The fourth-order valence-electron chi connectivity index (χ4n) is 9.28. The largest absolute Gasteiger partial charge is 1.00 e. The van der Waals surface area contributed by atoms with Gasteiger partial charge in [0.05, 0.1) is 22.3 Å². The summed E-state index contributed by atoms with van der Waals surface area (Å²) in [6, 6.07) is 70.4. The molecule has 0 atom stereocenters. The Morgan fingerprint density at radius 3 is 0.691 bits per heavy atom. The van der Waals surface area contributed by atoms with Crippen LogP contribution in [0.4, 0.5) is 0 Å². The van der Waals surface area contributed by atoms with E-state index in [0.29, 0.717) is 0 Å². The Kier molecular flexibility index (Phi) is 17.1. The van der Waals surface area contributed by atoms with Gasteiger partial charge >= 0.3 is 0 Å². The van der Waals surface area contributed by atoms with Crippen molar-refractivity contribution >= 4 is 78.8 Å². The quantitative estimate of drug-likeness (QED) is 0.164. The molecule has 0 saturated carbocycles. The molecule has 0 N–H and O–H groups in total. The van der Waals surface area contributed by atoms with Crippen molar-refractivity contribution in [2.24, 2.45) is 0 Å². The van der Waals surface area contributed by atoms with Gasteiger partial charge in [0.15, 0.2) is 0 Å². The molecular weight excluding hydrogens is 1230 g/mol. The third-order valence-corrected chi connectivity index (χ3v) is 12.5. The standard InChI is InChI=1S/C60H44O2.2Br2.2BrH/c1-37-15-23-41(24-16-37)57-49-35-50(46-12-8-5-7-11-45(46)49)58(42-25-17-38(2)18-26-42)55-33-34-56(62-55)60(44-29-21-40(4)22-30-44)52-36-51(47-13-9-6-10-14-48(47)52)59(54-32-31-53(57)61-54)43-27-19-39(3)20-28-43;2*1-2;;/h5-36H,1-4H3;;;2*1H/q+2;;;;/p-2. The number of halogens is 6. The van der Waals surface area contributed by atoms with Crippen LogP contribution in [-0.4, -0.2) is 0 Å². The molecular formula is C60H44Br6O2. The Bertz CT molecular complexity index is 2980. The summed E-state index contributed by atoms with van der Waals surface area (Å²) in [6.45, 7) is 8.55.